The number of aryl methyl sites for hydroxylation is 1. The molecule has 0 fully saturated rings. The van der Waals surface area contributed by atoms with E-state index in [9.17, 15) is 9.18 Å². The van der Waals surface area contributed by atoms with Gasteiger partial charge in [0.15, 0.2) is 0 Å². The van der Waals surface area contributed by atoms with Crippen molar-refractivity contribution >= 4 is 23.2 Å². The van der Waals surface area contributed by atoms with Crippen molar-refractivity contribution in [2.45, 2.75) is 13.3 Å². The Bertz CT molecular complexity index is 584. The number of H-pyrrole nitrogens is 1. The molecule has 0 saturated carbocycles. The van der Waals surface area contributed by atoms with Gasteiger partial charge in [-0.3, -0.25) is 9.89 Å². The Labute approximate surface area is 107 Å². The number of hydrogen-bond acceptors (Lipinski definition) is 3. The minimum absolute atomic E-state index is 0.0267. The van der Waals surface area contributed by atoms with Crippen molar-refractivity contribution in [1.82, 2.24) is 15.2 Å². The normalized spacial score (nSPS) is 10.4. The van der Waals surface area contributed by atoms with Crippen molar-refractivity contribution in [3.8, 4) is 0 Å². The molecule has 94 valence electrons. The average molecular weight is 269 g/mol. The summed E-state index contributed by atoms with van der Waals surface area (Å²) in [7, 11) is 0. The van der Waals surface area contributed by atoms with Crippen LogP contribution in [0.3, 0.4) is 0 Å². The van der Waals surface area contributed by atoms with Crippen molar-refractivity contribution in [2.24, 2.45) is 0 Å². The number of hydrogen-bond donors (Lipinski definition) is 2. The van der Waals surface area contributed by atoms with Crippen LogP contribution in [0.15, 0.2) is 18.2 Å². The van der Waals surface area contributed by atoms with Crippen LogP contribution in [0.25, 0.3) is 0 Å². The van der Waals surface area contributed by atoms with E-state index in [0.29, 0.717) is 12.2 Å². The number of carbonyl (C=O) groups is 1. The number of aromatic nitrogens is 3. The zero-order chi connectivity index (χ0) is 13.1. The second-order valence-corrected chi connectivity index (χ2v) is 3.97. The fraction of sp³-hybridized carbons (Fsp3) is 0.182. The molecule has 2 rings (SSSR count). The van der Waals surface area contributed by atoms with Crippen LogP contribution < -0.4 is 5.32 Å². The Morgan fingerprint density at radius 2 is 2.33 bits per heavy atom. The number of anilines is 1. The fourth-order valence-electron chi connectivity index (χ4n) is 1.32. The van der Waals surface area contributed by atoms with E-state index in [1.165, 1.54) is 12.1 Å². The first-order valence-electron chi connectivity index (χ1n) is 5.28. The summed E-state index contributed by atoms with van der Waals surface area (Å²) in [6, 6.07) is 3.98. The highest BCUT2D eigenvalue weighted by molar-refractivity contribution is 6.30. The predicted octanol–water partition coefficient (Wildman–Crippen LogP) is 2.41. The number of halogens is 2. The number of aromatic amines is 1. The zero-order valence-corrected chi connectivity index (χ0v) is 10.3. The number of nitrogens with one attached hydrogen (secondary N) is 2. The number of nitrogens with zero attached hydrogens (tertiary/aromatic N) is 2. The first kappa shape index (κ1) is 12.5. The third-order valence-corrected chi connectivity index (χ3v) is 2.48. The lowest BCUT2D eigenvalue weighted by Crippen LogP contribution is -2.14. The molecule has 0 atom stereocenters. The second kappa shape index (κ2) is 5.14. The molecular formula is C11H10ClFN4O. The topological polar surface area (TPSA) is 70.7 Å². The average Bonchev–Trinajstić information content (AvgIpc) is 2.81. The quantitative estimate of drug-likeness (QED) is 0.898. The Kier molecular flexibility index (Phi) is 3.57. The van der Waals surface area contributed by atoms with Crippen molar-refractivity contribution in [3.63, 3.8) is 0 Å². The van der Waals surface area contributed by atoms with Gasteiger partial charge in [0.05, 0.1) is 5.69 Å². The van der Waals surface area contributed by atoms with E-state index in [2.05, 4.69) is 20.5 Å². The van der Waals surface area contributed by atoms with Crippen LogP contribution in [0.4, 0.5) is 10.1 Å². The van der Waals surface area contributed by atoms with E-state index in [1.807, 2.05) is 6.92 Å². The first-order chi connectivity index (χ1) is 8.60. The summed E-state index contributed by atoms with van der Waals surface area (Å²) in [6.45, 7) is 1.88. The van der Waals surface area contributed by atoms with E-state index in [4.69, 9.17) is 11.6 Å². The summed E-state index contributed by atoms with van der Waals surface area (Å²) >= 11 is 5.61. The third kappa shape index (κ3) is 2.65. The van der Waals surface area contributed by atoms with Crippen LogP contribution in [0.1, 0.15) is 23.4 Å². The summed E-state index contributed by atoms with van der Waals surface area (Å²) in [5, 5.41) is 8.98. The Balaban J connectivity index is 2.16. The maximum absolute atomic E-state index is 13.5. The monoisotopic (exact) mass is 268 g/mol. The van der Waals surface area contributed by atoms with Gasteiger partial charge < -0.3 is 5.32 Å². The van der Waals surface area contributed by atoms with Crippen LogP contribution in [0.5, 0.6) is 0 Å². The van der Waals surface area contributed by atoms with E-state index in [-0.39, 0.29) is 16.5 Å². The van der Waals surface area contributed by atoms with E-state index in [1.54, 1.807) is 0 Å². The van der Waals surface area contributed by atoms with Gasteiger partial charge in [0, 0.05) is 11.4 Å². The maximum atomic E-state index is 13.5. The molecule has 2 aromatic rings. The molecule has 0 bridgehead atoms. The minimum Gasteiger partial charge on any atom is -0.317 e. The summed E-state index contributed by atoms with van der Waals surface area (Å²) in [6.07, 6.45) is 0.635. The van der Waals surface area contributed by atoms with Gasteiger partial charge in [-0.1, -0.05) is 18.5 Å². The smallest absolute Gasteiger partial charge is 0.295 e. The standard InChI is InChI=1S/C11H10ClFN4O/c1-2-9-15-10(17-16-9)11(18)14-8-4-3-6(12)5-7(8)13/h3-5H,2H2,1H3,(H,14,18)(H,15,16,17). The molecule has 0 radical (unpaired) electrons. The van der Waals surface area contributed by atoms with Crippen molar-refractivity contribution in [2.75, 3.05) is 5.32 Å². The molecular weight excluding hydrogens is 259 g/mol. The molecule has 1 aromatic carbocycles. The molecule has 1 aromatic heterocycles. The number of amides is 1. The molecule has 0 unspecified atom stereocenters. The molecule has 18 heavy (non-hydrogen) atoms. The molecule has 0 aliphatic heterocycles. The first-order valence-corrected chi connectivity index (χ1v) is 5.65. The van der Waals surface area contributed by atoms with Crippen LogP contribution in [0, 0.1) is 5.82 Å². The third-order valence-electron chi connectivity index (χ3n) is 2.25. The predicted molar refractivity (Wildman–Crippen MR) is 65.1 cm³/mol. The Morgan fingerprint density at radius 3 is 2.94 bits per heavy atom. The van der Waals surface area contributed by atoms with Gasteiger partial charge in [0.2, 0.25) is 5.82 Å². The lowest BCUT2D eigenvalue weighted by Gasteiger charge is -2.03. The summed E-state index contributed by atoms with van der Waals surface area (Å²) in [4.78, 5) is 15.7. The Hall–Kier alpha value is -1.95. The molecule has 0 spiro atoms. The maximum Gasteiger partial charge on any atom is 0.295 e. The van der Waals surface area contributed by atoms with Gasteiger partial charge >= 0.3 is 0 Å². The highest BCUT2D eigenvalue weighted by atomic mass is 35.5. The number of rotatable bonds is 3. The lowest BCUT2D eigenvalue weighted by atomic mass is 10.3. The SMILES string of the molecule is CCc1nc(C(=O)Nc2ccc(Cl)cc2F)n[nH]1. The molecule has 0 saturated heterocycles. The van der Waals surface area contributed by atoms with Gasteiger partial charge in [0.1, 0.15) is 11.6 Å². The summed E-state index contributed by atoms with van der Waals surface area (Å²) in [5.74, 6) is -0.618. The van der Waals surface area contributed by atoms with Gasteiger partial charge in [0.25, 0.3) is 5.91 Å². The van der Waals surface area contributed by atoms with E-state index in [0.717, 1.165) is 6.07 Å². The van der Waals surface area contributed by atoms with E-state index >= 15 is 0 Å². The van der Waals surface area contributed by atoms with Crippen molar-refractivity contribution < 1.29 is 9.18 Å². The molecule has 0 aliphatic carbocycles. The molecule has 0 aliphatic rings. The minimum atomic E-state index is -0.609. The zero-order valence-electron chi connectivity index (χ0n) is 9.50. The van der Waals surface area contributed by atoms with Gasteiger partial charge in [-0.15, -0.1) is 5.10 Å². The van der Waals surface area contributed by atoms with Crippen LogP contribution in [-0.2, 0) is 6.42 Å². The number of carbonyl (C=O) groups excluding carboxylic acids is 1. The molecule has 1 heterocycles. The van der Waals surface area contributed by atoms with Crippen molar-refractivity contribution in [1.29, 1.82) is 0 Å². The van der Waals surface area contributed by atoms with Crippen LogP contribution >= 0.6 is 11.6 Å². The number of benzene rings is 1. The Morgan fingerprint density at radius 1 is 1.56 bits per heavy atom. The largest absolute Gasteiger partial charge is 0.317 e. The second-order valence-electron chi connectivity index (χ2n) is 3.54. The van der Waals surface area contributed by atoms with Gasteiger partial charge in [-0.25, -0.2) is 9.37 Å². The van der Waals surface area contributed by atoms with Crippen LogP contribution in [0.2, 0.25) is 5.02 Å². The van der Waals surface area contributed by atoms with Gasteiger partial charge in [-0.05, 0) is 18.2 Å². The summed E-state index contributed by atoms with van der Waals surface area (Å²) in [5.41, 5.74) is 0.0345. The molecule has 1 amide bonds. The molecule has 7 heteroatoms. The summed E-state index contributed by atoms with van der Waals surface area (Å²) < 4.78 is 13.5. The van der Waals surface area contributed by atoms with E-state index < -0.39 is 11.7 Å². The molecule has 5 nitrogen and oxygen atoms in total. The van der Waals surface area contributed by atoms with Gasteiger partial charge in [-0.2, -0.15) is 0 Å². The highest BCUT2D eigenvalue weighted by Crippen LogP contribution is 2.19. The molecule has 2 N–H and O–H groups in total. The fourth-order valence-corrected chi connectivity index (χ4v) is 1.48. The van der Waals surface area contributed by atoms with Crippen molar-refractivity contribution in [3.05, 3.63) is 40.7 Å². The highest BCUT2D eigenvalue weighted by Gasteiger charge is 2.14. The lowest BCUT2D eigenvalue weighted by molar-refractivity contribution is 0.101. The van der Waals surface area contributed by atoms with Crippen LogP contribution in [-0.4, -0.2) is 21.1 Å².